The van der Waals surface area contributed by atoms with Crippen LogP contribution in [0.2, 0.25) is 0 Å². The number of hydrogen-bond donors (Lipinski definition) is 0. The van der Waals surface area contributed by atoms with Crippen molar-refractivity contribution in [1.82, 2.24) is 14.5 Å². The SMILES string of the molecule is c1ccc(-c2cc(-c3ccccc3)nc(-c3ccc(-n4c5ccccc5c5c6c(sc7ccccc76)c6c(c54)-c4ccccc4C6)cc3)n2)cc1. The van der Waals surface area contributed by atoms with Gasteiger partial charge in [-0.1, -0.05) is 121 Å². The molecule has 3 heterocycles. The molecule has 4 heteroatoms. The molecule has 0 N–H and O–H groups in total. The molecule has 10 aromatic rings. The fraction of sp³-hybridized carbons (Fsp3) is 0.0213. The summed E-state index contributed by atoms with van der Waals surface area (Å²) in [4.78, 5) is 10.2. The molecule has 0 amide bonds. The van der Waals surface area contributed by atoms with Gasteiger partial charge < -0.3 is 4.57 Å². The highest BCUT2D eigenvalue weighted by Crippen LogP contribution is 2.53. The van der Waals surface area contributed by atoms with Crippen molar-refractivity contribution in [2.24, 2.45) is 0 Å². The standard InChI is InChI=1S/C47H29N3S/c1-3-13-29(14-4-1)38-28-39(30-15-5-2-6-16-30)49-47(48-38)31-23-25-33(26-24-31)50-40-21-11-9-19-35(40)43-44-36-20-10-12-22-41(36)51-46(44)37-27-32-17-7-8-18-34(32)42(37)45(43)50/h1-26,28H,27H2. The molecule has 1 aliphatic rings. The molecular formula is C47H29N3S. The highest BCUT2D eigenvalue weighted by atomic mass is 32.1. The lowest BCUT2D eigenvalue weighted by Gasteiger charge is -2.14. The smallest absolute Gasteiger partial charge is 0.160 e. The largest absolute Gasteiger partial charge is 0.309 e. The minimum absolute atomic E-state index is 0.713. The van der Waals surface area contributed by atoms with Crippen LogP contribution < -0.4 is 0 Å². The van der Waals surface area contributed by atoms with E-state index in [4.69, 9.17) is 9.97 Å². The molecule has 51 heavy (non-hydrogen) atoms. The number of rotatable bonds is 4. The first-order valence-corrected chi connectivity index (χ1v) is 18.2. The molecule has 0 saturated heterocycles. The third-order valence-electron chi connectivity index (χ3n) is 10.4. The van der Waals surface area contributed by atoms with Crippen LogP contribution in [-0.4, -0.2) is 14.5 Å². The second-order valence-electron chi connectivity index (χ2n) is 13.3. The average molecular weight is 668 g/mol. The average Bonchev–Trinajstić information content (AvgIpc) is 3.88. The van der Waals surface area contributed by atoms with Crippen LogP contribution in [0.3, 0.4) is 0 Å². The molecule has 11 rings (SSSR count). The fourth-order valence-electron chi connectivity index (χ4n) is 8.18. The molecule has 0 bridgehead atoms. The maximum atomic E-state index is 5.10. The van der Waals surface area contributed by atoms with Crippen molar-refractivity contribution < 1.29 is 0 Å². The van der Waals surface area contributed by atoms with E-state index in [2.05, 4.69) is 156 Å². The fourth-order valence-corrected chi connectivity index (χ4v) is 9.44. The lowest BCUT2D eigenvalue weighted by atomic mass is 9.97. The molecular weight excluding hydrogens is 639 g/mol. The zero-order chi connectivity index (χ0) is 33.5. The van der Waals surface area contributed by atoms with Crippen LogP contribution in [-0.2, 0) is 6.42 Å². The molecule has 0 atom stereocenters. The minimum Gasteiger partial charge on any atom is -0.309 e. The van der Waals surface area contributed by atoms with Crippen molar-refractivity contribution in [2.45, 2.75) is 6.42 Å². The van der Waals surface area contributed by atoms with Crippen molar-refractivity contribution in [3.05, 3.63) is 175 Å². The maximum absolute atomic E-state index is 5.10. The van der Waals surface area contributed by atoms with E-state index < -0.39 is 0 Å². The summed E-state index contributed by atoms with van der Waals surface area (Å²) in [6, 6.07) is 58.5. The van der Waals surface area contributed by atoms with Crippen molar-refractivity contribution in [3.8, 4) is 50.7 Å². The third-order valence-corrected chi connectivity index (χ3v) is 11.7. The molecule has 0 aliphatic heterocycles. The Bertz CT molecular complexity index is 2920. The van der Waals surface area contributed by atoms with E-state index in [1.807, 2.05) is 23.5 Å². The van der Waals surface area contributed by atoms with E-state index in [9.17, 15) is 0 Å². The summed E-state index contributed by atoms with van der Waals surface area (Å²) in [7, 11) is 0. The van der Waals surface area contributed by atoms with E-state index in [1.54, 1.807) is 0 Å². The minimum atomic E-state index is 0.713. The zero-order valence-corrected chi connectivity index (χ0v) is 28.4. The summed E-state index contributed by atoms with van der Waals surface area (Å²) in [5.41, 5.74) is 14.1. The molecule has 0 saturated carbocycles. The van der Waals surface area contributed by atoms with Gasteiger partial charge in [0.2, 0.25) is 0 Å². The summed E-state index contributed by atoms with van der Waals surface area (Å²) in [5.74, 6) is 0.713. The molecule has 0 fully saturated rings. The molecule has 7 aromatic carbocycles. The Morgan fingerprint density at radius 2 is 1.16 bits per heavy atom. The number of nitrogens with zero attached hydrogens (tertiary/aromatic N) is 3. The van der Waals surface area contributed by atoms with Crippen LogP contribution in [0.4, 0.5) is 0 Å². The van der Waals surface area contributed by atoms with Gasteiger partial charge in [0.15, 0.2) is 5.82 Å². The Balaban J connectivity index is 1.17. The van der Waals surface area contributed by atoms with Gasteiger partial charge in [-0.3, -0.25) is 0 Å². The van der Waals surface area contributed by atoms with E-state index in [1.165, 1.54) is 64.2 Å². The Hall–Kier alpha value is -6.36. The second-order valence-corrected chi connectivity index (χ2v) is 14.4. The normalized spacial score (nSPS) is 12.2. The number of thiophene rings is 1. The van der Waals surface area contributed by atoms with Gasteiger partial charge in [0.25, 0.3) is 0 Å². The maximum Gasteiger partial charge on any atom is 0.160 e. The highest BCUT2D eigenvalue weighted by molar-refractivity contribution is 7.26. The van der Waals surface area contributed by atoms with Crippen LogP contribution in [0.5, 0.6) is 0 Å². The van der Waals surface area contributed by atoms with Gasteiger partial charge in [-0.15, -0.1) is 11.3 Å². The Morgan fingerprint density at radius 1 is 0.529 bits per heavy atom. The summed E-state index contributed by atoms with van der Waals surface area (Å²) in [5, 5.41) is 5.33. The van der Waals surface area contributed by atoms with Crippen molar-refractivity contribution >= 4 is 53.3 Å². The van der Waals surface area contributed by atoms with Crippen molar-refractivity contribution in [2.75, 3.05) is 0 Å². The van der Waals surface area contributed by atoms with Gasteiger partial charge in [0.1, 0.15) is 0 Å². The Morgan fingerprint density at radius 3 is 1.90 bits per heavy atom. The number of benzene rings is 7. The Kier molecular flexibility index (Phi) is 6.18. The second kappa shape index (κ2) is 11.1. The molecule has 0 unspecified atom stereocenters. The summed E-state index contributed by atoms with van der Waals surface area (Å²) >= 11 is 1.94. The lowest BCUT2D eigenvalue weighted by Crippen LogP contribution is -1.98. The van der Waals surface area contributed by atoms with Gasteiger partial charge in [-0.05, 0) is 59.2 Å². The molecule has 3 nitrogen and oxygen atoms in total. The summed E-state index contributed by atoms with van der Waals surface area (Å²) in [6.45, 7) is 0. The first-order valence-electron chi connectivity index (χ1n) is 17.4. The molecule has 0 radical (unpaired) electrons. The van der Waals surface area contributed by atoms with Crippen molar-refractivity contribution in [3.63, 3.8) is 0 Å². The Labute approximate surface area is 298 Å². The molecule has 238 valence electrons. The summed E-state index contributed by atoms with van der Waals surface area (Å²) < 4.78 is 5.25. The number of para-hydroxylation sites is 1. The first kappa shape index (κ1) is 28.5. The number of aromatic nitrogens is 3. The highest BCUT2D eigenvalue weighted by Gasteiger charge is 2.30. The van der Waals surface area contributed by atoms with Crippen LogP contribution in [0, 0.1) is 0 Å². The van der Waals surface area contributed by atoms with Crippen LogP contribution in [0.15, 0.2) is 164 Å². The first-order chi connectivity index (χ1) is 25.3. The topological polar surface area (TPSA) is 30.7 Å². The van der Waals surface area contributed by atoms with Crippen LogP contribution in [0.25, 0.3) is 92.7 Å². The third kappa shape index (κ3) is 4.30. The number of fused-ring (bicyclic) bond motifs is 12. The van der Waals surface area contributed by atoms with E-state index in [0.29, 0.717) is 5.82 Å². The van der Waals surface area contributed by atoms with Gasteiger partial charge in [-0.2, -0.15) is 0 Å². The predicted octanol–water partition coefficient (Wildman–Crippen LogP) is 12.5. The van der Waals surface area contributed by atoms with Crippen LogP contribution in [0.1, 0.15) is 11.1 Å². The molecule has 1 aliphatic carbocycles. The predicted molar refractivity (Wildman–Crippen MR) is 214 cm³/mol. The van der Waals surface area contributed by atoms with Gasteiger partial charge in [0.05, 0.1) is 22.4 Å². The zero-order valence-electron chi connectivity index (χ0n) is 27.5. The van der Waals surface area contributed by atoms with Crippen molar-refractivity contribution in [1.29, 1.82) is 0 Å². The quantitative estimate of drug-likeness (QED) is 0.187. The summed E-state index contributed by atoms with van der Waals surface area (Å²) in [6.07, 6.45) is 0.948. The monoisotopic (exact) mass is 667 g/mol. The van der Waals surface area contributed by atoms with Gasteiger partial charge in [0, 0.05) is 65.3 Å². The van der Waals surface area contributed by atoms with Crippen LogP contribution >= 0.6 is 11.3 Å². The van der Waals surface area contributed by atoms with E-state index >= 15 is 0 Å². The van der Waals surface area contributed by atoms with E-state index in [-0.39, 0.29) is 0 Å². The molecule has 3 aromatic heterocycles. The van der Waals surface area contributed by atoms with E-state index in [0.717, 1.165) is 40.2 Å². The number of hydrogen-bond acceptors (Lipinski definition) is 3. The van der Waals surface area contributed by atoms with Gasteiger partial charge in [-0.25, -0.2) is 9.97 Å². The molecule has 0 spiro atoms. The van der Waals surface area contributed by atoms with Gasteiger partial charge >= 0.3 is 0 Å². The lowest BCUT2D eigenvalue weighted by molar-refractivity contribution is 1.16.